The molecule has 9 aromatic rings. The minimum Gasteiger partial charge on any atom is -0.308 e. The van der Waals surface area contributed by atoms with Crippen molar-refractivity contribution in [3.63, 3.8) is 0 Å². The van der Waals surface area contributed by atoms with Gasteiger partial charge in [0.05, 0.1) is 44.6 Å². The van der Waals surface area contributed by atoms with Crippen LogP contribution < -0.4 is 0 Å². The highest BCUT2D eigenvalue weighted by atomic mass is 15.0. The lowest BCUT2D eigenvalue weighted by molar-refractivity contribution is 0.661. The van der Waals surface area contributed by atoms with Gasteiger partial charge in [0.25, 0.3) is 0 Å². The fourth-order valence-electron chi connectivity index (χ4n) is 10.0. The van der Waals surface area contributed by atoms with Gasteiger partial charge in [-0.15, -0.1) is 0 Å². The second kappa shape index (κ2) is 10.4. The van der Waals surface area contributed by atoms with E-state index >= 15 is 0 Å². The molecule has 4 heteroatoms. The second-order valence-electron chi connectivity index (χ2n) is 16.0. The summed E-state index contributed by atoms with van der Waals surface area (Å²) in [5.41, 5.74) is 16.0. The van der Waals surface area contributed by atoms with Gasteiger partial charge in [0.15, 0.2) is 0 Å². The quantitative estimate of drug-likeness (QED) is 0.181. The summed E-state index contributed by atoms with van der Waals surface area (Å²) in [5, 5.41) is 26.6. The molecule has 7 aromatic carbocycles. The molecule has 2 aliphatic carbocycles. The van der Waals surface area contributed by atoms with Crippen LogP contribution in [0.4, 0.5) is 0 Å². The van der Waals surface area contributed by atoms with Crippen LogP contribution in [0, 0.1) is 22.7 Å². The van der Waals surface area contributed by atoms with Gasteiger partial charge in [0.2, 0.25) is 0 Å². The van der Waals surface area contributed by atoms with Crippen molar-refractivity contribution in [1.29, 1.82) is 10.5 Å². The lowest BCUT2D eigenvalue weighted by Gasteiger charge is -2.22. The highest BCUT2D eigenvalue weighted by Crippen LogP contribution is 2.53. The Morgan fingerprint density at radius 3 is 1.20 bits per heavy atom. The molecular formula is C50H34N4. The number of hydrogen-bond acceptors (Lipinski definition) is 2. The first-order valence-corrected chi connectivity index (χ1v) is 18.6. The van der Waals surface area contributed by atoms with Gasteiger partial charge in [-0.1, -0.05) is 113 Å². The zero-order valence-electron chi connectivity index (χ0n) is 30.5. The molecule has 2 heterocycles. The highest BCUT2D eigenvalue weighted by Gasteiger charge is 2.38. The fraction of sp³-hybridized carbons (Fsp3) is 0.120. The van der Waals surface area contributed by atoms with Crippen LogP contribution >= 0.6 is 0 Å². The smallest absolute Gasteiger partial charge is 0.103 e. The van der Waals surface area contributed by atoms with E-state index in [1.54, 1.807) is 0 Å². The Balaban J connectivity index is 1.20. The topological polar surface area (TPSA) is 57.4 Å². The van der Waals surface area contributed by atoms with Crippen LogP contribution in [0.25, 0.3) is 77.2 Å². The maximum absolute atomic E-state index is 11.1. The standard InChI is InChI=1S/C50H34N4/c1-49(2)39-17-9-5-13-29(39)33-23-35-31-15-7-11-19-43(31)53(47(35)25-41(33)49)45-21-22-46(38(28-52)37(45)27-51)54-44-20-12-8-16-32(44)36-24-34-30-14-6-10-18-40(30)50(3,4)42(34)26-48(36)54/h5-26H,1-4H3. The maximum Gasteiger partial charge on any atom is 0.103 e. The average molecular weight is 691 g/mol. The highest BCUT2D eigenvalue weighted by molar-refractivity contribution is 6.13. The van der Waals surface area contributed by atoms with Gasteiger partial charge in [-0.2, -0.15) is 10.5 Å². The monoisotopic (exact) mass is 690 g/mol. The summed E-state index contributed by atoms with van der Waals surface area (Å²) in [4.78, 5) is 0. The van der Waals surface area contributed by atoms with E-state index in [-0.39, 0.29) is 10.8 Å². The Morgan fingerprint density at radius 1 is 0.389 bits per heavy atom. The first kappa shape index (κ1) is 30.7. The van der Waals surface area contributed by atoms with Gasteiger partial charge in [0, 0.05) is 32.4 Å². The first-order chi connectivity index (χ1) is 26.2. The Hall–Kier alpha value is -6.88. The zero-order valence-corrected chi connectivity index (χ0v) is 30.5. The molecule has 2 aliphatic rings. The van der Waals surface area contributed by atoms with Gasteiger partial charge in [0.1, 0.15) is 12.1 Å². The normalized spacial score (nSPS) is 14.6. The molecule has 4 nitrogen and oxygen atoms in total. The van der Waals surface area contributed by atoms with Gasteiger partial charge < -0.3 is 9.13 Å². The number of rotatable bonds is 2. The molecule has 0 spiro atoms. The number of nitrogens with zero attached hydrogens (tertiary/aromatic N) is 4. The minimum absolute atomic E-state index is 0.187. The minimum atomic E-state index is -0.187. The van der Waals surface area contributed by atoms with Crippen molar-refractivity contribution < 1.29 is 0 Å². The van der Waals surface area contributed by atoms with Crippen LogP contribution in [-0.2, 0) is 10.8 Å². The largest absolute Gasteiger partial charge is 0.308 e. The zero-order chi connectivity index (χ0) is 36.7. The number of aromatic nitrogens is 2. The van der Waals surface area contributed by atoms with E-state index in [1.165, 1.54) is 44.5 Å². The lowest BCUT2D eigenvalue weighted by atomic mass is 9.82. The van der Waals surface area contributed by atoms with Crippen LogP contribution in [-0.4, -0.2) is 9.13 Å². The lowest BCUT2D eigenvalue weighted by Crippen LogP contribution is -2.15. The summed E-state index contributed by atoms with van der Waals surface area (Å²) in [6.07, 6.45) is 0. The number of benzene rings is 7. The second-order valence-corrected chi connectivity index (χ2v) is 16.0. The van der Waals surface area contributed by atoms with Crippen LogP contribution in [0.15, 0.2) is 133 Å². The van der Waals surface area contributed by atoms with E-state index in [0.29, 0.717) is 22.5 Å². The van der Waals surface area contributed by atoms with Crippen molar-refractivity contribution in [3.8, 4) is 45.8 Å². The van der Waals surface area contributed by atoms with E-state index in [4.69, 9.17) is 0 Å². The van der Waals surface area contributed by atoms with Crippen LogP contribution in [0.3, 0.4) is 0 Å². The molecule has 0 saturated heterocycles. The van der Waals surface area contributed by atoms with E-state index in [2.05, 4.69) is 158 Å². The fourth-order valence-corrected chi connectivity index (χ4v) is 10.0. The molecule has 0 radical (unpaired) electrons. The first-order valence-electron chi connectivity index (χ1n) is 18.6. The number of nitriles is 2. The summed E-state index contributed by atoms with van der Waals surface area (Å²) >= 11 is 0. The van der Waals surface area contributed by atoms with Crippen molar-refractivity contribution >= 4 is 43.6 Å². The van der Waals surface area contributed by atoms with Crippen LogP contribution in [0.5, 0.6) is 0 Å². The van der Waals surface area contributed by atoms with Crippen LogP contribution in [0.2, 0.25) is 0 Å². The summed E-state index contributed by atoms with van der Waals surface area (Å²) in [6, 6.07) is 52.6. The number of para-hydroxylation sites is 2. The summed E-state index contributed by atoms with van der Waals surface area (Å²) < 4.78 is 4.40. The van der Waals surface area contributed by atoms with Crippen molar-refractivity contribution in [2.24, 2.45) is 0 Å². The third-order valence-corrected chi connectivity index (χ3v) is 12.6. The molecule has 0 unspecified atom stereocenters. The van der Waals surface area contributed by atoms with Gasteiger partial charge in [-0.3, -0.25) is 0 Å². The van der Waals surface area contributed by atoms with Gasteiger partial charge in [-0.25, -0.2) is 0 Å². The molecule has 0 saturated carbocycles. The van der Waals surface area contributed by atoms with E-state index < -0.39 is 0 Å². The molecule has 0 bridgehead atoms. The van der Waals surface area contributed by atoms with Gasteiger partial charge >= 0.3 is 0 Å². The molecule has 0 aliphatic heterocycles. The third-order valence-electron chi connectivity index (χ3n) is 12.6. The maximum atomic E-state index is 11.1. The van der Waals surface area contributed by atoms with E-state index in [0.717, 1.165) is 43.6 Å². The molecule has 0 N–H and O–H groups in total. The summed E-state index contributed by atoms with van der Waals surface area (Å²) in [7, 11) is 0. The van der Waals surface area contributed by atoms with Crippen LogP contribution in [0.1, 0.15) is 61.1 Å². The molecule has 254 valence electrons. The Morgan fingerprint density at radius 2 is 0.778 bits per heavy atom. The predicted molar refractivity (Wildman–Crippen MR) is 220 cm³/mol. The molecule has 54 heavy (non-hydrogen) atoms. The third kappa shape index (κ3) is 3.70. The summed E-state index contributed by atoms with van der Waals surface area (Å²) in [6.45, 7) is 9.17. The molecule has 0 amide bonds. The molecule has 11 rings (SSSR count). The van der Waals surface area contributed by atoms with E-state index in [1.807, 2.05) is 24.3 Å². The summed E-state index contributed by atoms with van der Waals surface area (Å²) in [5.74, 6) is 0. The Kier molecular flexibility index (Phi) is 5.90. The molecule has 2 aromatic heterocycles. The number of hydrogen-bond donors (Lipinski definition) is 0. The van der Waals surface area contributed by atoms with Gasteiger partial charge in [-0.05, 0) is 93.0 Å². The molecule has 0 atom stereocenters. The predicted octanol–water partition coefficient (Wildman–Crippen LogP) is 12.2. The van der Waals surface area contributed by atoms with E-state index in [9.17, 15) is 10.5 Å². The van der Waals surface area contributed by atoms with Crippen molar-refractivity contribution in [2.45, 2.75) is 38.5 Å². The average Bonchev–Trinajstić information content (AvgIpc) is 3.84. The number of fused-ring (bicyclic) bond motifs is 12. The van der Waals surface area contributed by atoms with Crippen molar-refractivity contribution in [1.82, 2.24) is 9.13 Å². The van der Waals surface area contributed by atoms with Crippen molar-refractivity contribution in [2.75, 3.05) is 0 Å². The SMILES string of the molecule is CC1(C)c2ccccc2-c2cc3c4ccccc4n(-c4ccc(-n5c6ccccc6c6cc7c(cc65)C(C)(C)c5ccccc5-7)c(C#N)c4C#N)c3cc21. The molecular weight excluding hydrogens is 657 g/mol. The molecule has 0 fully saturated rings. The Labute approximate surface area is 313 Å². The Bertz CT molecular complexity index is 3020. The van der Waals surface area contributed by atoms with Crippen molar-refractivity contribution in [3.05, 3.63) is 167 Å².